The summed E-state index contributed by atoms with van der Waals surface area (Å²) >= 11 is 0. The number of phenolic OH excluding ortho intramolecular Hbond substituents is 1. The Bertz CT molecular complexity index is 1800. The Labute approximate surface area is 199 Å². The quantitative estimate of drug-likeness (QED) is 0.387. The van der Waals surface area contributed by atoms with Gasteiger partial charge in [-0.2, -0.15) is 0 Å². The van der Waals surface area contributed by atoms with E-state index in [-0.39, 0.29) is 16.8 Å². The van der Waals surface area contributed by atoms with Crippen molar-refractivity contribution in [2.24, 2.45) is 0 Å². The molecule has 0 aliphatic carbocycles. The molecule has 0 radical (unpaired) electrons. The summed E-state index contributed by atoms with van der Waals surface area (Å²) in [5.74, 6) is -0.0845. The number of rotatable bonds is 4. The molecule has 176 valence electrons. The van der Waals surface area contributed by atoms with Crippen molar-refractivity contribution in [3.63, 3.8) is 0 Å². The van der Waals surface area contributed by atoms with Crippen LogP contribution >= 0.6 is 0 Å². The van der Waals surface area contributed by atoms with Crippen molar-refractivity contribution in [3.05, 3.63) is 102 Å². The Balaban J connectivity index is 1.72. The zero-order valence-corrected chi connectivity index (χ0v) is 19.5. The van der Waals surface area contributed by atoms with Crippen LogP contribution in [0.25, 0.3) is 33.3 Å². The fourth-order valence-electron chi connectivity index (χ4n) is 4.32. The molecule has 0 atom stereocenters. The summed E-state index contributed by atoms with van der Waals surface area (Å²) < 4.78 is 6.88. The topological polar surface area (TPSA) is 118 Å². The summed E-state index contributed by atoms with van der Waals surface area (Å²) in [5, 5.41) is 11.9. The number of hydrogen-bond acceptors (Lipinski definition) is 6. The van der Waals surface area contributed by atoms with Crippen LogP contribution in [0.15, 0.2) is 67.3 Å². The van der Waals surface area contributed by atoms with Gasteiger partial charge in [0.05, 0.1) is 11.1 Å². The van der Waals surface area contributed by atoms with Crippen LogP contribution in [0.3, 0.4) is 0 Å². The average Bonchev–Trinajstić information content (AvgIpc) is 2.85. The first-order valence-electron chi connectivity index (χ1n) is 11.2. The maximum Gasteiger partial charge on any atom is 0.339 e. The first kappa shape index (κ1) is 22.3. The number of aromatic nitrogens is 3. The summed E-state index contributed by atoms with van der Waals surface area (Å²) in [5.41, 5.74) is 2.53. The van der Waals surface area contributed by atoms with Gasteiger partial charge in [0.1, 0.15) is 17.0 Å². The van der Waals surface area contributed by atoms with Crippen LogP contribution in [0.5, 0.6) is 5.75 Å². The van der Waals surface area contributed by atoms with Crippen molar-refractivity contribution < 1.29 is 9.52 Å². The molecule has 5 aromatic rings. The Morgan fingerprint density at radius 2 is 1.69 bits per heavy atom. The number of hydrogen-bond donors (Lipinski definition) is 2. The maximum absolute atomic E-state index is 12.7. The molecule has 0 aliphatic rings. The first-order chi connectivity index (χ1) is 16.8. The van der Waals surface area contributed by atoms with Crippen LogP contribution in [0.4, 0.5) is 0 Å². The van der Waals surface area contributed by atoms with Crippen LogP contribution in [0, 0.1) is 20.8 Å². The van der Waals surface area contributed by atoms with E-state index >= 15 is 0 Å². The van der Waals surface area contributed by atoms with E-state index in [2.05, 4.69) is 9.97 Å². The smallest absolute Gasteiger partial charge is 0.339 e. The summed E-state index contributed by atoms with van der Waals surface area (Å²) in [6.07, 6.45) is 0.575. The van der Waals surface area contributed by atoms with Crippen LogP contribution in [-0.4, -0.2) is 19.6 Å². The lowest BCUT2D eigenvalue weighted by molar-refractivity contribution is 0.469. The van der Waals surface area contributed by atoms with Gasteiger partial charge in [0, 0.05) is 28.6 Å². The molecule has 2 N–H and O–H groups in total. The van der Waals surface area contributed by atoms with Crippen LogP contribution in [-0.2, 0) is 13.0 Å². The van der Waals surface area contributed by atoms with E-state index in [1.807, 2.05) is 37.3 Å². The molecule has 0 amide bonds. The van der Waals surface area contributed by atoms with E-state index in [9.17, 15) is 19.5 Å². The number of nitrogens with one attached hydrogen (secondary N) is 1. The number of aryl methyl sites for hydroxylation is 4. The van der Waals surface area contributed by atoms with Crippen LogP contribution in [0.1, 0.15) is 22.3 Å². The van der Waals surface area contributed by atoms with Gasteiger partial charge in [0.2, 0.25) is 0 Å². The number of phenols is 1. The lowest BCUT2D eigenvalue weighted by Gasteiger charge is -2.14. The van der Waals surface area contributed by atoms with Crippen LogP contribution in [0.2, 0.25) is 0 Å². The van der Waals surface area contributed by atoms with Gasteiger partial charge in [0.25, 0.3) is 5.56 Å². The third-order valence-corrected chi connectivity index (χ3v) is 6.54. The van der Waals surface area contributed by atoms with E-state index in [1.54, 1.807) is 32.0 Å². The minimum Gasteiger partial charge on any atom is -0.507 e. The number of aromatic hydroxyl groups is 1. The fraction of sp³-hybridized carbons (Fsp3) is 0.185. The van der Waals surface area contributed by atoms with E-state index in [0.717, 1.165) is 11.1 Å². The van der Waals surface area contributed by atoms with Gasteiger partial charge in [-0.3, -0.25) is 14.3 Å². The fourth-order valence-corrected chi connectivity index (χ4v) is 4.32. The highest BCUT2D eigenvalue weighted by molar-refractivity contribution is 5.92. The van der Waals surface area contributed by atoms with Crippen molar-refractivity contribution in [2.45, 2.75) is 33.7 Å². The lowest BCUT2D eigenvalue weighted by atomic mass is 9.98. The average molecular weight is 469 g/mol. The molecule has 3 heterocycles. The monoisotopic (exact) mass is 469 g/mol. The highest BCUT2D eigenvalue weighted by atomic mass is 16.4. The van der Waals surface area contributed by atoms with Gasteiger partial charge in [-0.1, -0.05) is 30.3 Å². The molecule has 0 saturated heterocycles. The molecule has 0 unspecified atom stereocenters. The van der Waals surface area contributed by atoms with Gasteiger partial charge in [-0.15, -0.1) is 0 Å². The van der Waals surface area contributed by atoms with E-state index in [4.69, 9.17) is 4.42 Å². The SMILES string of the molecule is Cc1c(C)c2cc(-c3ccc4c(=O)[nH]c(=O)n(CCc5ccccc5)c4n3)c(O)c(C)c2oc1=O. The molecule has 0 bridgehead atoms. The Morgan fingerprint density at radius 1 is 0.943 bits per heavy atom. The van der Waals surface area contributed by atoms with Gasteiger partial charge >= 0.3 is 11.3 Å². The lowest BCUT2D eigenvalue weighted by Crippen LogP contribution is -2.31. The third kappa shape index (κ3) is 3.73. The third-order valence-electron chi connectivity index (χ3n) is 6.54. The molecular weight excluding hydrogens is 446 g/mol. The van der Waals surface area contributed by atoms with Crippen molar-refractivity contribution >= 4 is 22.0 Å². The van der Waals surface area contributed by atoms with E-state index in [0.29, 0.717) is 46.3 Å². The van der Waals surface area contributed by atoms with Gasteiger partial charge < -0.3 is 9.52 Å². The largest absolute Gasteiger partial charge is 0.507 e. The standard InChI is InChI=1S/C27H23N3O5/c1-14-15(2)26(33)35-23-16(3)22(31)20(13-19(14)23)21-10-9-18-24(28-21)30(27(34)29-25(18)32)12-11-17-7-5-4-6-8-17/h4-10,13,31H,11-12H2,1-3H3,(H,29,32,34). The Hall–Kier alpha value is -4.46. The predicted molar refractivity (Wildman–Crippen MR) is 134 cm³/mol. The summed E-state index contributed by atoms with van der Waals surface area (Å²) in [6, 6.07) is 14.7. The van der Waals surface area contributed by atoms with Crippen LogP contribution < -0.4 is 16.9 Å². The van der Waals surface area contributed by atoms with E-state index < -0.39 is 16.9 Å². The normalized spacial score (nSPS) is 11.4. The highest BCUT2D eigenvalue weighted by Crippen LogP contribution is 2.37. The van der Waals surface area contributed by atoms with Crippen molar-refractivity contribution in [1.82, 2.24) is 14.5 Å². The molecule has 5 rings (SSSR count). The molecule has 0 fully saturated rings. The van der Waals surface area contributed by atoms with E-state index in [1.165, 1.54) is 4.57 Å². The molecule has 2 aromatic carbocycles. The Kier molecular flexibility index (Phi) is 5.36. The number of benzene rings is 2. The maximum atomic E-state index is 12.7. The zero-order valence-electron chi connectivity index (χ0n) is 19.5. The minimum absolute atomic E-state index is 0.0845. The minimum atomic E-state index is -0.546. The Morgan fingerprint density at radius 3 is 2.43 bits per heavy atom. The van der Waals surface area contributed by atoms with Crippen molar-refractivity contribution in [3.8, 4) is 17.0 Å². The van der Waals surface area contributed by atoms with Gasteiger partial charge in [0.15, 0.2) is 0 Å². The summed E-state index contributed by atoms with van der Waals surface area (Å²) in [4.78, 5) is 44.4. The van der Waals surface area contributed by atoms with Crippen molar-refractivity contribution in [2.75, 3.05) is 0 Å². The zero-order chi connectivity index (χ0) is 24.9. The molecular formula is C27H23N3O5. The first-order valence-corrected chi connectivity index (χ1v) is 11.2. The molecule has 0 spiro atoms. The molecule has 8 heteroatoms. The van der Waals surface area contributed by atoms with Gasteiger partial charge in [-0.05, 0) is 56.5 Å². The second kappa shape index (κ2) is 8.39. The summed E-state index contributed by atoms with van der Waals surface area (Å²) in [7, 11) is 0. The number of aromatic amines is 1. The number of nitrogens with zero attached hydrogens (tertiary/aromatic N) is 2. The second-order valence-electron chi connectivity index (χ2n) is 8.63. The number of fused-ring (bicyclic) bond motifs is 2. The predicted octanol–water partition coefficient (Wildman–Crippen LogP) is 3.73. The molecule has 0 saturated carbocycles. The second-order valence-corrected chi connectivity index (χ2v) is 8.63. The number of pyridine rings is 1. The molecule has 8 nitrogen and oxygen atoms in total. The summed E-state index contributed by atoms with van der Waals surface area (Å²) in [6.45, 7) is 5.50. The van der Waals surface area contributed by atoms with Gasteiger partial charge in [-0.25, -0.2) is 14.6 Å². The van der Waals surface area contributed by atoms with Crippen molar-refractivity contribution in [1.29, 1.82) is 0 Å². The molecule has 0 aliphatic heterocycles. The highest BCUT2D eigenvalue weighted by Gasteiger charge is 2.19. The molecule has 35 heavy (non-hydrogen) atoms. The molecule has 3 aromatic heterocycles. The number of H-pyrrole nitrogens is 1.